The van der Waals surface area contributed by atoms with E-state index in [1.54, 1.807) is 0 Å². The van der Waals surface area contributed by atoms with Crippen molar-refractivity contribution < 1.29 is 9.59 Å². The van der Waals surface area contributed by atoms with Gasteiger partial charge in [0.05, 0.1) is 6.42 Å². The van der Waals surface area contributed by atoms with Gasteiger partial charge in [0.1, 0.15) is 0 Å². The predicted molar refractivity (Wildman–Crippen MR) is 99.5 cm³/mol. The van der Waals surface area contributed by atoms with Crippen LogP contribution in [0.4, 0.5) is 0 Å². The Kier molecular flexibility index (Phi) is 4.90. The van der Waals surface area contributed by atoms with Gasteiger partial charge in [-0.25, -0.2) is 0 Å². The molecule has 0 unspecified atom stereocenters. The molecule has 2 fully saturated rings. The summed E-state index contributed by atoms with van der Waals surface area (Å²) in [6, 6.07) is 6.46. The molecule has 1 aliphatic heterocycles. The fourth-order valence-electron chi connectivity index (χ4n) is 3.37. The molecule has 0 aromatic heterocycles. The Morgan fingerprint density at radius 3 is 2.20 bits per heavy atom. The third kappa shape index (κ3) is 4.23. The summed E-state index contributed by atoms with van der Waals surface area (Å²) in [4.78, 5) is 28.7. The van der Waals surface area contributed by atoms with Crippen LogP contribution in [0.15, 0.2) is 18.2 Å². The summed E-state index contributed by atoms with van der Waals surface area (Å²) in [5.41, 5.74) is 3.64. The molecule has 0 bridgehead atoms. The number of carbonyl (C=O) groups excluding carboxylic acids is 2. The average Bonchev–Trinajstić information content (AvgIpc) is 3.40. The molecule has 0 spiro atoms. The number of carbonyl (C=O) groups is 2. The molecule has 4 nitrogen and oxygen atoms in total. The van der Waals surface area contributed by atoms with Gasteiger partial charge in [-0.2, -0.15) is 0 Å². The smallest absolute Gasteiger partial charge is 0.227 e. The molecule has 0 radical (unpaired) electrons. The topological polar surface area (TPSA) is 40.6 Å². The highest BCUT2D eigenvalue weighted by Crippen LogP contribution is 2.31. The molecule has 0 N–H and O–H groups in total. The van der Waals surface area contributed by atoms with E-state index in [0.717, 1.165) is 18.4 Å². The van der Waals surface area contributed by atoms with Crippen LogP contribution >= 0.6 is 0 Å². The Bertz CT molecular complexity index is 663. The lowest BCUT2D eigenvalue weighted by Gasteiger charge is -2.35. The summed E-state index contributed by atoms with van der Waals surface area (Å²) in [5, 5.41) is 0. The summed E-state index contributed by atoms with van der Waals surface area (Å²) in [6.07, 6.45) is 2.54. The minimum Gasteiger partial charge on any atom is -0.339 e. The Balaban J connectivity index is 1.60. The SMILES string of the molecule is Cc1ccc(C(C)(C)C)cc1CC(=O)N1CCN(C(=O)C2CC2)CC1. The largest absolute Gasteiger partial charge is 0.339 e. The summed E-state index contributed by atoms with van der Waals surface area (Å²) in [6.45, 7) is 11.3. The van der Waals surface area contributed by atoms with E-state index < -0.39 is 0 Å². The van der Waals surface area contributed by atoms with Crippen LogP contribution < -0.4 is 0 Å². The van der Waals surface area contributed by atoms with Crippen LogP contribution in [-0.4, -0.2) is 47.8 Å². The highest BCUT2D eigenvalue weighted by Gasteiger charge is 2.35. The first-order valence-corrected chi connectivity index (χ1v) is 9.42. The highest BCUT2D eigenvalue weighted by atomic mass is 16.2. The monoisotopic (exact) mass is 342 g/mol. The van der Waals surface area contributed by atoms with E-state index in [-0.39, 0.29) is 17.2 Å². The lowest BCUT2D eigenvalue weighted by molar-refractivity contribution is -0.140. The molecule has 1 heterocycles. The Morgan fingerprint density at radius 1 is 1.04 bits per heavy atom. The van der Waals surface area contributed by atoms with E-state index in [1.807, 2.05) is 9.80 Å². The summed E-state index contributed by atoms with van der Waals surface area (Å²) in [7, 11) is 0. The van der Waals surface area contributed by atoms with E-state index in [9.17, 15) is 9.59 Å². The number of benzene rings is 1. The van der Waals surface area contributed by atoms with Crippen molar-refractivity contribution in [2.24, 2.45) is 5.92 Å². The van der Waals surface area contributed by atoms with Gasteiger partial charge in [0.2, 0.25) is 11.8 Å². The van der Waals surface area contributed by atoms with Crippen molar-refractivity contribution in [3.8, 4) is 0 Å². The molecule has 136 valence electrons. The maximum Gasteiger partial charge on any atom is 0.227 e. The maximum atomic E-state index is 12.7. The third-order valence-corrected chi connectivity index (χ3v) is 5.43. The van der Waals surface area contributed by atoms with Crippen LogP contribution in [-0.2, 0) is 21.4 Å². The zero-order valence-electron chi connectivity index (χ0n) is 16.0. The number of aryl methyl sites for hydroxylation is 1. The van der Waals surface area contributed by atoms with E-state index >= 15 is 0 Å². The van der Waals surface area contributed by atoms with Crippen molar-refractivity contribution in [2.45, 2.75) is 52.4 Å². The second-order valence-corrected chi connectivity index (χ2v) is 8.55. The van der Waals surface area contributed by atoms with Crippen molar-refractivity contribution in [2.75, 3.05) is 26.2 Å². The average molecular weight is 342 g/mol. The lowest BCUT2D eigenvalue weighted by Crippen LogP contribution is -2.51. The summed E-state index contributed by atoms with van der Waals surface area (Å²) < 4.78 is 0. The van der Waals surface area contributed by atoms with E-state index in [2.05, 4.69) is 45.9 Å². The molecule has 3 rings (SSSR count). The number of piperazine rings is 1. The minimum atomic E-state index is 0.0836. The molecule has 2 amide bonds. The second kappa shape index (κ2) is 6.81. The molecule has 25 heavy (non-hydrogen) atoms. The zero-order chi connectivity index (χ0) is 18.2. The van der Waals surface area contributed by atoms with Gasteiger partial charge in [-0.3, -0.25) is 9.59 Å². The van der Waals surface area contributed by atoms with E-state index in [4.69, 9.17) is 0 Å². The Hall–Kier alpha value is -1.84. The minimum absolute atomic E-state index is 0.0836. The van der Waals surface area contributed by atoms with Crippen molar-refractivity contribution in [1.29, 1.82) is 0 Å². The molecule has 1 aliphatic carbocycles. The van der Waals surface area contributed by atoms with Crippen LogP contribution in [0.2, 0.25) is 0 Å². The molecule has 1 aromatic carbocycles. The van der Waals surface area contributed by atoms with Gasteiger partial charge < -0.3 is 9.80 Å². The molecule has 1 saturated carbocycles. The van der Waals surface area contributed by atoms with Gasteiger partial charge in [0.15, 0.2) is 0 Å². The highest BCUT2D eigenvalue weighted by molar-refractivity contribution is 5.82. The van der Waals surface area contributed by atoms with Gasteiger partial charge in [-0.1, -0.05) is 39.0 Å². The predicted octanol–water partition coefficient (Wildman–Crippen LogP) is 2.92. The Labute approximate surface area is 151 Å². The molecular formula is C21H30N2O2. The normalized spacial score (nSPS) is 18.4. The first kappa shape index (κ1) is 18.0. The third-order valence-electron chi connectivity index (χ3n) is 5.43. The molecule has 2 aliphatic rings. The van der Waals surface area contributed by atoms with Crippen LogP contribution in [0, 0.1) is 12.8 Å². The molecule has 4 heteroatoms. The standard InChI is InChI=1S/C21H30N2O2/c1-15-5-8-18(21(2,3)4)13-17(15)14-19(24)22-9-11-23(12-10-22)20(25)16-6-7-16/h5,8,13,16H,6-7,9-12,14H2,1-4H3. The fraction of sp³-hybridized carbons (Fsp3) is 0.619. The lowest BCUT2D eigenvalue weighted by atomic mass is 9.85. The van der Waals surface area contributed by atoms with Gasteiger partial charge >= 0.3 is 0 Å². The molecular weight excluding hydrogens is 312 g/mol. The van der Waals surface area contributed by atoms with Crippen molar-refractivity contribution >= 4 is 11.8 Å². The first-order valence-electron chi connectivity index (χ1n) is 9.42. The fourth-order valence-corrected chi connectivity index (χ4v) is 3.37. The van der Waals surface area contributed by atoms with Crippen LogP contribution in [0.3, 0.4) is 0 Å². The molecule has 0 atom stereocenters. The maximum absolute atomic E-state index is 12.7. The number of hydrogen-bond acceptors (Lipinski definition) is 2. The second-order valence-electron chi connectivity index (χ2n) is 8.55. The summed E-state index contributed by atoms with van der Waals surface area (Å²) in [5.74, 6) is 0.735. The number of rotatable bonds is 3. The molecule has 1 aromatic rings. The van der Waals surface area contributed by atoms with Crippen LogP contribution in [0.5, 0.6) is 0 Å². The quantitative estimate of drug-likeness (QED) is 0.847. The van der Waals surface area contributed by atoms with Crippen LogP contribution in [0.25, 0.3) is 0 Å². The first-order chi connectivity index (χ1) is 11.8. The number of amides is 2. The molecule has 1 saturated heterocycles. The summed E-state index contributed by atoms with van der Waals surface area (Å²) >= 11 is 0. The van der Waals surface area contributed by atoms with Gasteiger partial charge in [0.25, 0.3) is 0 Å². The van der Waals surface area contributed by atoms with Crippen LogP contribution in [0.1, 0.15) is 50.3 Å². The number of hydrogen-bond donors (Lipinski definition) is 0. The van der Waals surface area contributed by atoms with Crippen molar-refractivity contribution in [3.63, 3.8) is 0 Å². The van der Waals surface area contributed by atoms with Crippen molar-refractivity contribution in [3.05, 3.63) is 34.9 Å². The zero-order valence-corrected chi connectivity index (χ0v) is 16.0. The van der Waals surface area contributed by atoms with E-state index in [0.29, 0.717) is 38.5 Å². The van der Waals surface area contributed by atoms with Crippen molar-refractivity contribution in [1.82, 2.24) is 9.80 Å². The Morgan fingerprint density at radius 2 is 1.64 bits per heavy atom. The van der Waals surface area contributed by atoms with Gasteiger partial charge in [0, 0.05) is 32.1 Å². The van der Waals surface area contributed by atoms with E-state index in [1.165, 1.54) is 11.1 Å². The number of nitrogens with zero attached hydrogens (tertiary/aromatic N) is 2. The van der Waals surface area contributed by atoms with Gasteiger partial charge in [-0.05, 0) is 41.9 Å². The van der Waals surface area contributed by atoms with Gasteiger partial charge in [-0.15, -0.1) is 0 Å².